The minimum atomic E-state index is -0.775. The number of ether oxygens (including phenoxy) is 1. The van der Waals surface area contributed by atoms with Crippen molar-refractivity contribution in [3.05, 3.63) is 76.3 Å². The molecule has 0 bridgehead atoms. The summed E-state index contributed by atoms with van der Waals surface area (Å²) in [6.07, 6.45) is 8.64. The zero-order valence-electron chi connectivity index (χ0n) is 15.3. The highest BCUT2D eigenvalue weighted by atomic mass is 19.1. The summed E-state index contributed by atoms with van der Waals surface area (Å²) >= 11 is 0. The van der Waals surface area contributed by atoms with Gasteiger partial charge in [0.2, 0.25) is 5.82 Å². The Balaban J connectivity index is 1.62. The van der Waals surface area contributed by atoms with Crippen molar-refractivity contribution in [3.63, 3.8) is 0 Å². The molecule has 3 rings (SSSR count). The van der Waals surface area contributed by atoms with Crippen LogP contribution in [-0.4, -0.2) is 21.0 Å². The van der Waals surface area contributed by atoms with Crippen molar-refractivity contribution < 1.29 is 19.0 Å². The van der Waals surface area contributed by atoms with Crippen LogP contribution in [0.25, 0.3) is 0 Å². The van der Waals surface area contributed by atoms with Crippen molar-refractivity contribution in [3.8, 4) is 5.75 Å². The van der Waals surface area contributed by atoms with Crippen LogP contribution in [0.3, 0.4) is 0 Å². The lowest BCUT2D eigenvalue weighted by Crippen LogP contribution is -2.11. The molecule has 0 saturated carbocycles. The zero-order chi connectivity index (χ0) is 19.4. The topological polar surface area (TPSA) is 72.3 Å². The molecule has 0 fully saturated rings. The highest BCUT2D eigenvalue weighted by Gasteiger charge is 2.17. The summed E-state index contributed by atoms with van der Waals surface area (Å²) in [6, 6.07) is 3.91. The van der Waals surface area contributed by atoms with Crippen molar-refractivity contribution in [2.45, 2.75) is 39.5 Å². The number of aromatic nitrogens is 2. The molecule has 27 heavy (non-hydrogen) atoms. The van der Waals surface area contributed by atoms with Crippen LogP contribution in [0.2, 0.25) is 0 Å². The van der Waals surface area contributed by atoms with Crippen LogP contribution in [0.1, 0.15) is 45.7 Å². The van der Waals surface area contributed by atoms with Crippen LogP contribution in [0.5, 0.6) is 5.75 Å². The summed E-state index contributed by atoms with van der Waals surface area (Å²) in [4.78, 5) is 20.1. The number of aromatic hydroxyl groups is 1. The molecule has 0 atom stereocenters. The van der Waals surface area contributed by atoms with Gasteiger partial charge in [0.1, 0.15) is 11.6 Å². The molecule has 6 heteroatoms. The zero-order valence-corrected chi connectivity index (χ0v) is 15.3. The standard InChI is InChI=1S/C21H21FN2O3/c1-13-9-15(10-14(2)19(13)25)7-8-16-11-23-20(24-12-16)21(26)27-18-6-4-3-5-17(18)22/h4,6,9-12,25H,3,5,7-8H2,1-2H3. The maximum atomic E-state index is 13.6. The van der Waals surface area contributed by atoms with Gasteiger partial charge in [-0.3, -0.25) is 0 Å². The van der Waals surface area contributed by atoms with Crippen molar-refractivity contribution in [2.24, 2.45) is 0 Å². The van der Waals surface area contributed by atoms with Gasteiger partial charge < -0.3 is 9.84 Å². The van der Waals surface area contributed by atoms with Crippen LogP contribution < -0.4 is 0 Å². The molecule has 140 valence electrons. The lowest BCUT2D eigenvalue weighted by Gasteiger charge is -2.10. The van der Waals surface area contributed by atoms with Gasteiger partial charge >= 0.3 is 5.97 Å². The first kappa shape index (κ1) is 18.8. The average molecular weight is 368 g/mol. The third-order valence-electron chi connectivity index (χ3n) is 4.41. The molecule has 1 heterocycles. The maximum absolute atomic E-state index is 13.6. The van der Waals surface area contributed by atoms with E-state index in [-0.39, 0.29) is 18.0 Å². The molecule has 0 radical (unpaired) electrons. The Labute approximate surface area is 157 Å². The van der Waals surface area contributed by atoms with Gasteiger partial charge in [0.05, 0.1) is 0 Å². The van der Waals surface area contributed by atoms with Crippen LogP contribution >= 0.6 is 0 Å². The van der Waals surface area contributed by atoms with Gasteiger partial charge in [-0.05, 0) is 61.4 Å². The number of nitrogens with zero attached hydrogens (tertiary/aromatic N) is 2. The van der Waals surface area contributed by atoms with Gasteiger partial charge in [-0.2, -0.15) is 0 Å². The number of aryl methyl sites for hydroxylation is 4. The Morgan fingerprint density at radius 3 is 2.41 bits per heavy atom. The van der Waals surface area contributed by atoms with E-state index >= 15 is 0 Å². The molecule has 0 saturated heterocycles. The molecule has 1 aliphatic rings. The van der Waals surface area contributed by atoms with Crippen LogP contribution in [-0.2, 0) is 17.6 Å². The quantitative estimate of drug-likeness (QED) is 0.798. The van der Waals surface area contributed by atoms with E-state index in [4.69, 9.17) is 4.74 Å². The Morgan fingerprint density at radius 1 is 1.15 bits per heavy atom. The predicted octanol–water partition coefficient (Wildman–Crippen LogP) is 4.27. The second-order valence-electron chi connectivity index (χ2n) is 6.59. The molecular formula is C21H21FN2O3. The number of benzene rings is 1. The van der Waals surface area contributed by atoms with Crippen LogP contribution in [0.15, 0.2) is 48.3 Å². The first-order valence-electron chi connectivity index (χ1n) is 8.81. The number of esters is 1. The summed E-state index contributed by atoms with van der Waals surface area (Å²) in [5, 5.41) is 9.84. The highest BCUT2D eigenvalue weighted by Crippen LogP contribution is 2.24. The van der Waals surface area contributed by atoms with Gasteiger partial charge in [-0.15, -0.1) is 0 Å². The maximum Gasteiger partial charge on any atom is 0.381 e. The molecule has 0 amide bonds. The van der Waals surface area contributed by atoms with E-state index in [1.54, 1.807) is 18.5 Å². The molecule has 2 aromatic rings. The van der Waals surface area contributed by atoms with E-state index in [0.717, 1.165) is 28.7 Å². The fourth-order valence-corrected chi connectivity index (χ4v) is 2.92. The van der Waals surface area contributed by atoms with Crippen LogP contribution in [0.4, 0.5) is 4.39 Å². The highest BCUT2D eigenvalue weighted by molar-refractivity contribution is 5.86. The molecule has 0 aliphatic heterocycles. The molecule has 0 unspecified atom stereocenters. The Hall–Kier alpha value is -3.02. The summed E-state index contributed by atoms with van der Waals surface area (Å²) in [5.74, 6) is -1.07. The number of rotatable bonds is 5. The van der Waals surface area contributed by atoms with Crippen LogP contribution in [0, 0.1) is 13.8 Å². The third-order valence-corrected chi connectivity index (χ3v) is 4.41. The van der Waals surface area contributed by atoms with Crippen molar-refractivity contribution >= 4 is 5.97 Å². The first-order valence-corrected chi connectivity index (χ1v) is 8.81. The number of phenolic OH excluding ortho intramolecular Hbond substituents is 1. The Kier molecular flexibility index (Phi) is 5.64. The monoisotopic (exact) mass is 368 g/mol. The summed E-state index contributed by atoms with van der Waals surface area (Å²) in [6.45, 7) is 3.74. The molecule has 1 aromatic heterocycles. The van der Waals surface area contributed by atoms with Crippen molar-refractivity contribution in [1.82, 2.24) is 9.97 Å². The second kappa shape index (κ2) is 8.12. The summed E-state index contributed by atoms with van der Waals surface area (Å²) in [7, 11) is 0. The van der Waals surface area contributed by atoms with E-state index in [9.17, 15) is 14.3 Å². The minimum absolute atomic E-state index is 0.0722. The molecule has 1 aliphatic carbocycles. The molecule has 5 nitrogen and oxygen atoms in total. The third kappa shape index (κ3) is 4.58. The number of carbonyl (C=O) groups is 1. The van der Waals surface area contributed by atoms with Crippen molar-refractivity contribution in [1.29, 1.82) is 0 Å². The Morgan fingerprint density at radius 2 is 1.78 bits per heavy atom. The normalized spacial score (nSPS) is 13.7. The second-order valence-corrected chi connectivity index (χ2v) is 6.59. The lowest BCUT2D eigenvalue weighted by molar-refractivity contribution is 0.0611. The van der Waals surface area contributed by atoms with E-state index in [0.29, 0.717) is 18.6 Å². The fraction of sp³-hybridized carbons (Fsp3) is 0.286. The van der Waals surface area contributed by atoms with Gasteiger partial charge in [-0.1, -0.05) is 18.2 Å². The Bertz CT molecular complexity index is 895. The number of hydrogen-bond acceptors (Lipinski definition) is 5. The molecular weight excluding hydrogens is 347 g/mol. The van der Waals surface area contributed by atoms with E-state index in [1.165, 1.54) is 6.08 Å². The fourth-order valence-electron chi connectivity index (χ4n) is 2.92. The number of phenols is 1. The first-order chi connectivity index (χ1) is 12.9. The summed E-state index contributed by atoms with van der Waals surface area (Å²) in [5.41, 5.74) is 3.67. The molecule has 0 spiro atoms. The SMILES string of the molecule is Cc1cc(CCc2cnc(C(=O)OC3=C(F)CCC=C3)nc2)cc(C)c1O. The van der Waals surface area contributed by atoms with Gasteiger partial charge in [0, 0.05) is 18.8 Å². The van der Waals surface area contributed by atoms with E-state index < -0.39 is 11.8 Å². The molecule has 1 aromatic carbocycles. The minimum Gasteiger partial charge on any atom is -0.507 e. The predicted molar refractivity (Wildman–Crippen MR) is 98.9 cm³/mol. The van der Waals surface area contributed by atoms with Gasteiger partial charge in [0.15, 0.2) is 5.76 Å². The van der Waals surface area contributed by atoms with Crippen molar-refractivity contribution in [2.75, 3.05) is 0 Å². The van der Waals surface area contributed by atoms with Gasteiger partial charge in [-0.25, -0.2) is 19.2 Å². The number of hydrogen-bond donors (Lipinski definition) is 1. The number of halogens is 1. The average Bonchev–Trinajstić information content (AvgIpc) is 2.66. The van der Waals surface area contributed by atoms with Gasteiger partial charge in [0.25, 0.3) is 0 Å². The van der Waals surface area contributed by atoms with E-state index in [2.05, 4.69) is 9.97 Å². The smallest absolute Gasteiger partial charge is 0.381 e. The number of carbonyl (C=O) groups excluding carboxylic acids is 1. The van der Waals surface area contributed by atoms with E-state index in [1.807, 2.05) is 26.0 Å². The lowest BCUT2D eigenvalue weighted by atomic mass is 10.0. The summed E-state index contributed by atoms with van der Waals surface area (Å²) < 4.78 is 18.7. The molecule has 1 N–H and O–H groups in total. The number of allylic oxidation sites excluding steroid dienone is 3. The largest absolute Gasteiger partial charge is 0.507 e.